The summed E-state index contributed by atoms with van der Waals surface area (Å²) in [6.07, 6.45) is -4.53. The molecule has 1 aliphatic rings. The third-order valence-corrected chi connectivity index (χ3v) is 4.90. The van der Waals surface area contributed by atoms with Crippen molar-refractivity contribution < 1.29 is 13.2 Å². The van der Waals surface area contributed by atoms with Gasteiger partial charge >= 0.3 is 6.18 Å². The van der Waals surface area contributed by atoms with E-state index in [4.69, 9.17) is 28.9 Å². The molecule has 3 N–H and O–H groups in total. The Morgan fingerprint density at radius 1 is 1.00 bits per heavy atom. The SMILES string of the molecule is Nc1cc(C(F)(F)F)c(-c2ccc(Cl)c(Cl)c2)cc1N1CCNCC1. The maximum Gasteiger partial charge on any atom is 0.417 e. The van der Waals surface area contributed by atoms with E-state index in [1.807, 2.05) is 4.90 Å². The number of nitrogen functional groups attached to an aromatic ring is 1. The second-order valence-corrected chi connectivity index (χ2v) is 6.63. The predicted molar refractivity (Wildman–Crippen MR) is 96.4 cm³/mol. The summed E-state index contributed by atoms with van der Waals surface area (Å²) in [6.45, 7) is 2.86. The highest BCUT2D eigenvalue weighted by molar-refractivity contribution is 6.42. The minimum absolute atomic E-state index is 0.0359. The third kappa shape index (κ3) is 3.81. The second-order valence-electron chi connectivity index (χ2n) is 5.82. The van der Waals surface area contributed by atoms with Gasteiger partial charge in [0.05, 0.1) is 27.0 Å². The molecule has 0 bridgehead atoms. The molecule has 1 heterocycles. The normalized spacial score (nSPS) is 15.5. The van der Waals surface area contributed by atoms with Crippen molar-refractivity contribution in [2.75, 3.05) is 36.8 Å². The first kappa shape index (κ1) is 18.2. The van der Waals surface area contributed by atoms with E-state index in [-0.39, 0.29) is 21.3 Å². The van der Waals surface area contributed by atoms with Gasteiger partial charge in [-0.25, -0.2) is 0 Å². The smallest absolute Gasteiger partial charge is 0.397 e. The molecule has 1 saturated heterocycles. The average Bonchev–Trinajstić information content (AvgIpc) is 2.57. The lowest BCUT2D eigenvalue weighted by Crippen LogP contribution is -2.43. The quantitative estimate of drug-likeness (QED) is 0.733. The number of nitrogens with zero attached hydrogens (tertiary/aromatic N) is 1. The molecule has 1 fully saturated rings. The summed E-state index contributed by atoms with van der Waals surface area (Å²) >= 11 is 11.9. The molecule has 134 valence electrons. The summed E-state index contributed by atoms with van der Waals surface area (Å²) in [5.74, 6) is 0. The Morgan fingerprint density at radius 3 is 2.28 bits per heavy atom. The van der Waals surface area contributed by atoms with Gasteiger partial charge in [0, 0.05) is 26.2 Å². The highest BCUT2D eigenvalue weighted by atomic mass is 35.5. The van der Waals surface area contributed by atoms with E-state index in [2.05, 4.69) is 5.32 Å². The number of nitrogens with two attached hydrogens (primary N) is 1. The molecule has 0 spiro atoms. The van der Waals surface area contributed by atoms with Gasteiger partial charge in [-0.15, -0.1) is 0 Å². The molecular weight excluding hydrogens is 374 g/mol. The third-order valence-electron chi connectivity index (χ3n) is 4.16. The minimum Gasteiger partial charge on any atom is -0.397 e. The topological polar surface area (TPSA) is 41.3 Å². The van der Waals surface area contributed by atoms with Gasteiger partial charge in [-0.1, -0.05) is 29.3 Å². The maximum atomic E-state index is 13.5. The highest BCUT2D eigenvalue weighted by Gasteiger charge is 2.35. The highest BCUT2D eigenvalue weighted by Crippen LogP contribution is 2.42. The number of hydrogen-bond donors (Lipinski definition) is 2. The van der Waals surface area contributed by atoms with Crippen LogP contribution in [0.3, 0.4) is 0 Å². The largest absolute Gasteiger partial charge is 0.417 e. The Kier molecular flexibility index (Phi) is 5.04. The van der Waals surface area contributed by atoms with Crippen LogP contribution in [-0.2, 0) is 6.18 Å². The Hall–Kier alpha value is -1.63. The second kappa shape index (κ2) is 6.94. The van der Waals surface area contributed by atoms with Crippen LogP contribution in [-0.4, -0.2) is 26.2 Å². The molecule has 3 nitrogen and oxygen atoms in total. The van der Waals surface area contributed by atoms with Crippen LogP contribution in [0, 0.1) is 0 Å². The van der Waals surface area contributed by atoms with E-state index in [0.29, 0.717) is 24.3 Å². The first-order valence-corrected chi connectivity index (χ1v) is 8.45. The molecule has 0 amide bonds. The zero-order valence-electron chi connectivity index (χ0n) is 13.1. The van der Waals surface area contributed by atoms with Crippen LogP contribution in [0.4, 0.5) is 24.5 Å². The van der Waals surface area contributed by atoms with Gasteiger partial charge < -0.3 is 16.0 Å². The molecule has 2 aromatic rings. The van der Waals surface area contributed by atoms with Crippen molar-refractivity contribution >= 4 is 34.6 Å². The molecule has 1 aliphatic heterocycles. The van der Waals surface area contributed by atoms with E-state index >= 15 is 0 Å². The Bertz CT molecular complexity index is 787. The molecule has 0 aliphatic carbocycles. The van der Waals surface area contributed by atoms with Crippen LogP contribution in [0.15, 0.2) is 30.3 Å². The van der Waals surface area contributed by atoms with Crippen LogP contribution in [0.5, 0.6) is 0 Å². The summed E-state index contributed by atoms with van der Waals surface area (Å²) in [4.78, 5) is 1.98. The summed E-state index contributed by atoms with van der Waals surface area (Å²) in [6, 6.07) is 6.93. The number of alkyl halides is 3. The number of anilines is 2. The number of piperazine rings is 1. The van der Waals surface area contributed by atoms with E-state index in [9.17, 15) is 13.2 Å². The maximum absolute atomic E-state index is 13.5. The molecule has 0 aromatic heterocycles. The first-order chi connectivity index (χ1) is 11.8. The van der Waals surface area contributed by atoms with Gasteiger partial charge in [-0.2, -0.15) is 13.2 Å². The molecular formula is C17H16Cl2F3N3. The zero-order valence-corrected chi connectivity index (χ0v) is 14.6. The fourth-order valence-electron chi connectivity index (χ4n) is 2.92. The molecule has 0 radical (unpaired) electrons. The molecule has 0 saturated carbocycles. The molecule has 25 heavy (non-hydrogen) atoms. The van der Waals surface area contributed by atoms with Crippen molar-refractivity contribution in [3.05, 3.63) is 45.9 Å². The van der Waals surface area contributed by atoms with Gasteiger partial charge in [0.2, 0.25) is 0 Å². The number of nitrogens with one attached hydrogen (secondary N) is 1. The predicted octanol–water partition coefficient (Wildman–Crippen LogP) is 4.67. The number of halogens is 5. The Labute approximate surface area is 153 Å². The van der Waals surface area contributed by atoms with E-state index in [1.165, 1.54) is 24.3 Å². The van der Waals surface area contributed by atoms with Gasteiger partial charge in [0.15, 0.2) is 0 Å². The lowest BCUT2D eigenvalue weighted by Gasteiger charge is -2.31. The van der Waals surface area contributed by atoms with E-state index in [0.717, 1.165) is 19.2 Å². The first-order valence-electron chi connectivity index (χ1n) is 7.69. The number of rotatable bonds is 2. The average molecular weight is 390 g/mol. The van der Waals surface area contributed by atoms with Crippen LogP contribution >= 0.6 is 23.2 Å². The fraction of sp³-hybridized carbons (Fsp3) is 0.294. The molecule has 8 heteroatoms. The number of benzene rings is 2. The van der Waals surface area contributed by atoms with Crippen molar-refractivity contribution in [2.45, 2.75) is 6.18 Å². The molecule has 0 atom stereocenters. The zero-order chi connectivity index (χ0) is 18.2. The lowest BCUT2D eigenvalue weighted by molar-refractivity contribution is -0.137. The molecule has 3 rings (SSSR count). The minimum atomic E-state index is -4.53. The van der Waals surface area contributed by atoms with E-state index in [1.54, 1.807) is 0 Å². The van der Waals surface area contributed by atoms with Gasteiger partial charge in [-0.3, -0.25) is 0 Å². The van der Waals surface area contributed by atoms with Crippen LogP contribution in [0.2, 0.25) is 10.0 Å². The Morgan fingerprint density at radius 2 is 1.68 bits per heavy atom. The Balaban J connectivity index is 2.17. The van der Waals surface area contributed by atoms with Crippen LogP contribution in [0.1, 0.15) is 5.56 Å². The van der Waals surface area contributed by atoms with Crippen molar-refractivity contribution in [1.82, 2.24) is 5.32 Å². The van der Waals surface area contributed by atoms with Crippen LogP contribution in [0.25, 0.3) is 11.1 Å². The van der Waals surface area contributed by atoms with Crippen molar-refractivity contribution in [3.63, 3.8) is 0 Å². The molecule has 2 aromatic carbocycles. The van der Waals surface area contributed by atoms with Crippen molar-refractivity contribution in [1.29, 1.82) is 0 Å². The summed E-state index contributed by atoms with van der Waals surface area (Å²) in [5, 5.41) is 3.70. The summed E-state index contributed by atoms with van der Waals surface area (Å²) in [5.41, 5.74) is 6.23. The monoisotopic (exact) mass is 389 g/mol. The van der Waals surface area contributed by atoms with Crippen LogP contribution < -0.4 is 16.0 Å². The van der Waals surface area contributed by atoms with Gasteiger partial charge in [0.1, 0.15) is 0 Å². The number of hydrogen-bond acceptors (Lipinski definition) is 3. The molecule has 0 unspecified atom stereocenters. The lowest BCUT2D eigenvalue weighted by atomic mass is 9.97. The summed E-state index contributed by atoms with van der Waals surface area (Å²) < 4.78 is 40.6. The van der Waals surface area contributed by atoms with Gasteiger partial charge in [0.25, 0.3) is 0 Å². The van der Waals surface area contributed by atoms with Gasteiger partial charge in [-0.05, 0) is 35.4 Å². The van der Waals surface area contributed by atoms with Crippen molar-refractivity contribution in [2.24, 2.45) is 0 Å². The van der Waals surface area contributed by atoms with E-state index < -0.39 is 11.7 Å². The standard InChI is InChI=1S/C17H16Cl2F3N3/c18-13-2-1-10(7-14(13)19)11-8-16(25-5-3-24-4-6-25)15(23)9-12(11)17(20,21)22/h1-2,7-9,24H,3-6,23H2. The summed E-state index contributed by atoms with van der Waals surface area (Å²) in [7, 11) is 0. The fourth-order valence-corrected chi connectivity index (χ4v) is 3.22. The van der Waals surface area contributed by atoms with Crippen molar-refractivity contribution in [3.8, 4) is 11.1 Å².